The number of hydrogen-bond acceptors (Lipinski definition) is 17. The van der Waals surface area contributed by atoms with Gasteiger partial charge in [0.1, 0.15) is 58.1 Å². The van der Waals surface area contributed by atoms with Crippen molar-refractivity contribution in [1.29, 1.82) is 0 Å². The van der Waals surface area contributed by atoms with Crippen LogP contribution in [-0.4, -0.2) is 228 Å². The van der Waals surface area contributed by atoms with Crippen molar-refractivity contribution in [2.75, 3.05) is 46.8 Å². The number of H-pyrrole nitrogens is 2. The van der Waals surface area contributed by atoms with Crippen LogP contribution >= 0.6 is 11.3 Å². The Morgan fingerprint density at radius 1 is 0.552 bits per heavy atom. The van der Waals surface area contributed by atoms with Crippen LogP contribution in [0.25, 0.3) is 33.2 Å². The highest BCUT2D eigenvalue weighted by atomic mass is 32.1. The summed E-state index contributed by atoms with van der Waals surface area (Å²) in [7, 11) is 3.37. The zero-order valence-corrected chi connectivity index (χ0v) is 80.1. The molecule has 0 spiro atoms. The molecule has 134 heavy (non-hydrogen) atoms. The number of nitrogens with one attached hydrogen (secondary N) is 8. The second-order valence-electron chi connectivity index (χ2n) is 37.7. The van der Waals surface area contributed by atoms with E-state index in [1.165, 1.54) is 66.3 Å². The average Bonchev–Trinajstić information content (AvgIpc) is 1.59. The van der Waals surface area contributed by atoms with E-state index in [0.29, 0.717) is 109 Å². The molecule has 8 heterocycles. The molecule has 1 saturated carbocycles. The minimum Gasteiger partial charge on any atom is -0.391 e. The lowest BCUT2D eigenvalue weighted by atomic mass is 9.83. The second-order valence-corrected chi connectivity index (χ2v) is 38.6. The topological polar surface area (TPSA) is 361 Å². The molecule has 9 amide bonds. The van der Waals surface area contributed by atoms with E-state index in [-0.39, 0.29) is 152 Å². The number of nitrogens with zero attached hydrogens (tertiary/aromatic N) is 6. The van der Waals surface area contributed by atoms with Crippen LogP contribution < -0.4 is 31.9 Å². The number of hydrogen-bond donors (Lipinski definition) is 10. The van der Waals surface area contributed by atoms with Crippen LogP contribution in [0.5, 0.6) is 0 Å². The number of Topliss-reactive ketones (excluding diaryl/α,β-unsaturated/α-hetero) is 1. The van der Waals surface area contributed by atoms with Gasteiger partial charge in [-0.2, -0.15) is 0 Å². The fourth-order valence-electron chi connectivity index (χ4n) is 19.6. The SMILES string of the molecule is CC[C@@H](C)C(=O)N[C@H](C(=O)N1CCC[C@H]1c1nc(C(=O)c2ccc(F)cc2)cs1)C1CCCCC1.CC[C@H](CC(=O)[C@H](C)NC)C(=O)N1C[C@@H](O)C[C@H]1Cc1c(-c2[nH]c3cc(F)ccc3c2C[C@@H]2C[C@H](O)CN2C(=O)[C@H](CC)NC(=O)[C@H](C)CC)[nH]c2cc(F)ccc12.CN[C@@H](C)C(=O)N[C@H]1CN(C(=O)CC(C)C)CC[C@H]2CC[C@@H](C(=O)NC(c3ccccc3)c3ccccc3)N2C1=O. The number of rotatable bonds is 33. The van der Waals surface area contributed by atoms with Gasteiger partial charge in [-0.3, -0.25) is 52.7 Å². The summed E-state index contributed by atoms with van der Waals surface area (Å²) in [6.45, 7) is 20.1. The summed E-state index contributed by atoms with van der Waals surface area (Å²) in [4.78, 5) is 167. The molecule has 0 bridgehead atoms. The monoisotopic (exact) mass is 1870 g/mol. The van der Waals surface area contributed by atoms with Gasteiger partial charge in [0.2, 0.25) is 58.9 Å². The summed E-state index contributed by atoms with van der Waals surface area (Å²) in [6, 6.07) is 28.4. The van der Waals surface area contributed by atoms with Crippen molar-refractivity contribution in [2.45, 2.75) is 276 Å². The molecule has 5 aliphatic heterocycles. The Labute approximate surface area is 787 Å². The zero-order chi connectivity index (χ0) is 96.5. The Kier molecular flexibility index (Phi) is 35.8. The van der Waals surface area contributed by atoms with Crippen molar-refractivity contribution in [1.82, 2.24) is 71.4 Å². The van der Waals surface area contributed by atoms with Crippen LogP contribution in [0, 0.1) is 47.0 Å². The molecule has 31 heteroatoms. The van der Waals surface area contributed by atoms with Crippen molar-refractivity contribution >= 4 is 97.9 Å². The Morgan fingerprint density at radius 2 is 1.10 bits per heavy atom. The Hall–Kier alpha value is -11.0. The van der Waals surface area contributed by atoms with E-state index in [1.54, 1.807) is 65.1 Å². The summed E-state index contributed by atoms with van der Waals surface area (Å²) in [5.74, 6) is -3.95. The van der Waals surface area contributed by atoms with E-state index >= 15 is 0 Å². The zero-order valence-electron chi connectivity index (χ0n) is 79.3. The van der Waals surface area contributed by atoms with Crippen LogP contribution in [0.2, 0.25) is 0 Å². The van der Waals surface area contributed by atoms with E-state index in [4.69, 9.17) is 0 Å². The summed E-state index contributed by atoms with van der Waals surface area (Å²) in [5.41, 5.74) is 6.29. The maximum atomic E-state index is 14.8. The minimum absolute atomic E-state index is 0.0250. The molecule has 27 nitrogen and oxygen atoms in total. The molecule has 3 aromatic heterocycles. The molecule has 15 atom stereocenters. The molecular weight excluding hydrogens is 1730 g/mol. The number of aromatic nitrogens is 3. The second kappa shape index (κ2) is 47.0. The number of thiazole rings is 1. The quantitative estimate of drug-likeness (QED) is 0.0171. The Bertz CT molecular complexity index is 5230. The highest BCUT2D eigenvalue weighted by molar-refractivity contribution is 7.10. The lowest BCUT2D eigenvalue weighted by Crippen LogP contribution is -2.62. The van der Waals surface area contributed by atoms with E-state index in [0.717, 1.165) is 72.2 Å². The van der Waals surface area contributed by atoms with E-state index < -0.39 is 83.9 Å². The number of halogens is 3. The Balaban J connectivity index is 0.000000188. The number of aliphatic hydroxyl groups is 2. The Morgan fingerprint density at radius 3 is 1.64 bits per heavy atom. The van der Waals surface area contributed by atoms with Gasteiger partial charge in [-0.25, -0.2) is 18.2 Å². The molecule has 14 rings (SSSR count). The van der Waals surface area contributed by atoms with Crippen molar-refractivity contribution < 1.29 is 76.1 Å². The van der Waals surface area contributed by atoms with Gasteiger partial charge < -0.3 is 76.6 Å². The minimum atomic E-state index is -0.940. The number of aromatic amines is 2. The summed E-state index contributed by atoms with van der Waals surface area (Å²) in [5, 5.41) is 43.7. The third-order valence-electron chi connectivity index (χ3n) is 28.1. The van der Waals surface area contributed by atoms with Crippen LogP contribution in [0.15, 0.2) is 127 Å². The van der Waals surface area contributed by atoms with Gasteiger partial charge in [0.25, 0.3) is 0 Å². The van der Waals surface area contributed by atoms with Crippen molar-refractivity contribution in [2.24, 2.45) is 29.6 Å². The highest BCUT2D eigenvalue weighted by Gasteiger charge is 2.48. The molecule has 5 aromatic carbocycles. The van der Waals surface area contributed by atoms with Crippen LogP contribution in [-0.2, 0) is 60.8 Å². The smallest absolute Gasteiger partial charge is 0.247 e. The lowest BCUT2D eigenvalue weighted by molar-refractivity contribution is -0.147. The summed E-state index contributed by atoms with van der Waals surface area (Å²) < 4.78 is 42.8. The predicted octanol–water partition coefficient (Wildman–Crippen LogP) is 13.0. The third kappa shape index (κ3) is 24.6. The lowest BCUT2D eigenvalue weighted by Gasteiger charge is -2.39. The first-order valence-electron chi connectivity index (χ1n) is 48.2. The first-order valence-corrected chi connectivity index (χ1v) is 49.1. The third-order valence-corrected chi connectivity index (χ3v) is 29.0. The molecule has 6 aliphatic rings. The maximum absolute atomic E-state index is 14.8. The molecule has 0 unspecified atom stereocenters. The number of β-amino-alcohol motifs (C(OH)–C–C–N with tert-alkyl or cyclic N) is 2. The molecule has 5 saturated heterocycles. The van der Waals surface area contributed by atoms with Crippen molar-refractivity contribution in [3.63, 3.8) is 0 Å². The molecule has 0 radical (unpaired) electrons. The van der Waals surface area contributed by atoms with Gasteiger partial charge in [-0.15, -0.1) is 11.3 Å². The van der Waals surface area contributed by atoms with Crippen molar-refractivity contribution in [3.05, 3.63) is 183 Å². The van der Waals surface area contributed by atoms with Gasteiger partial charge in [0, 0.05) is 114 Å². The largest absolute Gasteiger partial charge is 0.391 e. The predicted molar refractivity (Wildman–Crippen MR) is 510 cm³/mol. The van der Waals surface area contributed by atoms with Crippen LogP contribution in [0.3, 0.4) is 0 Å². The molecule has 722 valence electrons. The fraction of sp³-hybridized carbons (Fsp3) is 0.534. The highest BCUT2D eigenvalue weighted by Crippen LogP contribution is 2.43. The standard InChI is InChI=1S/C44H58F2N6O6.C32H43N5O4.C27H34FN3O3S/c1-7-23(4)42(56)50-36(9-3)44(58)52-22-31(54)18-29(52)20-35-33-13-11-27(46)16-38(33)49-41(35)40-34(32-12-10-26(45)15-37(32)48-40)19-28-17-30(53)21-51(28)43(57)25(8-2)14-39(55)24(5)47-6;1-21(2)19-28(38)36-18-17-25-15-16-27(37(25)32(41)26(20-36)34-30(39)22(3)33-4)31(40)35-29(23-11-7-5-8-12-23)24-13-9-6-10-14-24;1-3-17(2)25(33)30-23(18-8-5-4-6-9-18)27(34)31-15-7-10-22(31)26-29-21(16-35-26)24(32)19-11-13-20(28)14-12-19/h10-13,15-16,23-25,28-31,36,47-49,53-54H,7-9,14,17-22H2,1-6H3,(H,50,56);5-14,21-22,25-27,29,33H,15-20H2,1-4H3,(H,34,39)(H,35,40);11-14,16-18,22-23H,3-10,15H2,1-2H3,(H,30,33)/t23-,24+,25-,28+,29+,30+,31+,36+;22-,25+,26-,27-;17-,22+,23+/m101/s1. The number of ketones is 2. The van der Waals surface area contributed by atoms with Crippen LogP contribution in [0.4, 0.5) is 13.2 Å². The molecule has 6 fully saturated rings. The first-order chi connectivity index (χ1) is 64.2. The molecule has 10 N–H and O–H groups in total. The van der Waals surface area contributed by atoms with Gasteiger partial charge in [-0.1, -0.05) is 135 Å². The molecule has 1 aliphatic carbocycles. The summed E-state index contributed by atoms with van der Waals surface area (Å²) in [6.07, 6.45) is 10.8. The molecular formula is C103H135F3N14O13S. The van der Waals surface area contributed by atoms with Gasteiger partial charge in [0.15, 0.2) is 0 Å². The van der Waals surface area contributed by atoms with E-state index in [9.17, 15) is 76.1 Å². The fourth-order valence-corrected chi connectivity index (χ4v) is 20.5. The number of benzene rings is 5. The van der Waals surface area contributed by atoms with E-state index in [2.05, 4.69) is 46.9 Å². The number of carbonyl (C=O) groups is 11. The average molecular weight is 1870 g/mol. The van der Waals surface area contributed by atoms with Crippen molar-refractivity contribution in [3.8, 4) is 11.4 Å². The number of fused-ring (bicyclic) bond motifs is 3. The van der Waals surface area contributed by atoms with E-state index in [1.807, 2.05) is 121 Å². The number of amides is 9. The normalized spacial score (nSPS) is 21.4. The van der Waals surface area contributed by atoms with Gasteiger partial charge in [0.05, 0.1) is 47.8 Å². The first kappa shape index (κ1) is 102. The molecule has 8 aromatic rings. The number of aliphatic hydroxyl groups excluding tert-OH is 2. The summed E-state index contributed by atoms with van der Waals surface area (Å²) >= 11 is 1.38. The number of likely N-dealkylation sites (N-methyl/N-ethyl adjacent to an activating group) is 2. The van der Waals surface area contributed by atoms with Gasteiger partial charge >= 0.3 is 0 Å². The van der Waals surface area contributed by atoms with Gasteiger partial charge in [-0.05, 0) is 219 Å². The number of carbonyl (C=O) groups excluding carboxylic acids is 11. The number of likely N-dealkylation sites (tertiary alicyclic amines) is 3. The van der Waals surface area contributed by atoms with Crippen LogP contribution in [0.1, 0.15) is 240 Å². The maximum Gasteiger partial charge on any atom is 0.247 e.